The van der Waals surface area contributed by atoms with E-state index in [-0.39, 0.29) is 24.0 Å². The van der Waals surface area contributed by atoms with E-state index in [9.17, 15) is 14.9 Å². The molecule has 1 amide bonds. The molecule has 4 aromatic rings. The summed E-state index contributed by atoms with van der Waals surface area (Å²) in [5.41, 5.74) is 1.26. The van der Waals surface area contributed by atoms with Gasteiger partial charge in [-0.1, -0.05) is 17.4 Å². The highest BCUT2D eigenvalue weighted by molar-refractivity contribution is 7.22. The summed E-state index contributed by atoms with van der Waals surface area (Å²) in [5.74, 6) is 0.745. The van der Waals surface area contributed by atoms with Gasteiger partial charge in [0.05, 0.1) is 27.4 Å². The number of carbonyl (C=O) groups excluding carboxylic acids is 1. The maximum Gasteiger partial charge on any atom is 0.298 e. The monoisotopic (exact) mass is 421 g/mol. The van der Waals surface area contributed by atoms with Crippen molar-refractivity contribution in [2.75, 3.05) is 4.90 Å². The van der Waals surface area contributed by atoms with Crippen LogP contribution in [0.15, 0.2) is 42.6 Å². The lowest BCUT2D eigenvalue weighted by atomic mass is 10.3. The average molecular weight is 421 g/mol. The third-order valence-electron chi connectivity index (χ3n) is 4.89. The van der Waals surface area contributed by atoms with Crippen LogP contribution in [0.4, 0.5) is 10.8 Å². The molecule has 11 heteroatoms. The zero-order chi connectivity index (χ0) is 20.7. The van der Waals surface area contributed by atoms with Crippen LogP contribution in [0, 0.1) is 10.1 Å². The molecule has 5 rings (SSSR count). The summed E-state index contributed by atoms with van der Waals surface area (Å²) < 4.78 is 2.47. The second kappa shape index (κ2) is 7.26. The molecule has 3 aromatic heterocycles. The van der Waals surface area contributed by atoms with Gasteiger partial charge in [0, 0.05) is 31.3 Å². The maximum absolute atomic E-state index is 13.5. The fourth-order valence-electron chi connectivity index (χ4n) is 3.44. The molecule has 1 aliphatic rings. The van der Waals surface area contributed by atoms with Crippen LogP contribution in [0.5, 0.6) is 0 Å². The number of aromatic nitrogens is 5. The van der Waals surface area contributed by atoms with E-state index in [0.29, 0.717) is 27.6 Å². The molecule has 0 saturated carbocycles. The quantitative estimate of drug-likeness (QED) is 0.359. The van der Waals surface area contributed by atoms with Gasteiger partial charge in [0.1, 0.15) is 5.82 Å². The number of thiazole rings is 1. The van der Waals surface area contributed by atoms with Crippen LogP contribution in [0.25, 0.3) is 10.2 Å². The summed E-state index contributed by atoms with van der Waals surface area (Å²) in [7, 11) is 0. The van der Waals surface area contributed by atoms with Gasteiger partial charge in [0.25, 0.3) is 11.6 Å². The van der Waals surface area contributed by atoms with Crippen molar-refractivity contribution in [1.29, 1.82) is 0 Å². The van der Waals surface area contributed by atoms with Gasteiger partial charge in [-0.05, 0) is 24.6 Å². The molecular weight excluding hydrogens is 406 g/mol. The minimum atomic E-state index is -0.449. The second-order valence-corrected chi connectivity index (χ2v) is 7.82. The number of rotatable bonds is 5. The summed E-state index contributed by atoms with van der Waals surface area (Å²) in [5, 5.41) is 19.8. The summed E-state index contributed by atoms with van der Waals surface area (Å²) in [6.07, 6.45) is 3.38. The number of benzene rings is 1. The minimum Gasteiger partial charge on any atom is -0.307 e. The summed E-state index contributed by atoms with van der Waals surface area (Å²) in [6.45, 7) is 0.899. The smallest absolute Gasteiger partial charge is 0.298 e. The van der Waals surface area contributed by atoms with E-state index >= 15 is 0 Å². The Bertz CT molecular complexity index is 1270. The van der Waals surface area contributed by atoms with Crippen LogP contribution in [-0.2, 0) is 19.5 Å². The van der Waals surface area contributed by atoms with E-state index < -0.39 is 4.92 Å². The first-order valence-electron chi connectivity index (χ1n) is 9.29. The number of hydrogen-bond acceptors (Lipinski definition) is 8. The van der Waals surface area contributed by atoms with Gasteiger partial charge in [-0.15, -0.1) is 10.2 Å². The van der Waals surface area contributed by atoms with E-state index in [1.807, 2.05) is 16.7 Å². The molecule has 0 N–H and O–H groups in total. The van der Waals surface area contributed by atoms with Crippen molar-refractivity contribution in [3.05, 3.63) is 70.1 Å². The Labute approximate surface area is 174 Å². The fourth-order valence-corrected chi connectivity index (χ4v) is 4.44. The molecule has 0 atom stereocenters. The number of hydrogen-bond donors (Lipinski definition) is 0. The van der Waals surface area contributed by atoms with E-state index in [4.69, 9.17) is 0 Å². The van der Waals surface area contributed by atoms with Crippen molar-refractivity contribution in [3.8, 4) is 0 Å². The molecule has 150 valence electrons. The number of nitrogens with zero attached hydrogens (tertiary/aromatic N) is 7. The Balaban J connectivity index is 1.58. The number of fused-ring (bicyclic) bond motifs is 2. The predicted octanol–water partition coefficient (Wildman–Crippen LogP) is 2.98. The van der Waals surface area contributed by atoms with Crippen molar-refractivity contribution in [3.63, 3.8) is 0 Å². The largest absolute Gasteiger partial charge is 0.307 e. The average Bonchev–Trinajstić information content (AvgIpc) is 3.46. The van der Waals surface area contributed by atoms with Crippen molar-refractivity contribution >= 4 is 38.3 Å². The van der Waals surface area contributed by atoms with Crippen LogP contribution in [0.1, 0.15) is 28.6 Å². The van der Waals surface area contributed by atoms with E-state index in [1.54, 1.807) is 18.3 Å². The number of nitro groups is 1. The van der Waals surface area contributed by atoms with Gasteiger partial charge in [-0.25, -0.2) is 4.98 Å². The molecule has 0 bridgehead atoms. The second-order valence-electron chi connectivity index (χ2n) is 6.81. The Hall–Kier alpha value is -3.73. The number of pyridine rings is 1. The highest BCUT2D eigenvalue weighted by Crippen LogP contribution is 2.33. The molecule has 0 radical (unpaired) electrons. The number of aryl methyl sites for hydroxylation is 1. The molecule has 0 fully saturated rings. The molecule has 10 nitrogen and oxygen atoms in total. The first kappa shape index (κ1) is 18.3. The van der Waals surface area contributed by atoms with E-state index in [2.05, 4.69) is 20.2 Å². The van der Waals surface area contributed by atoms with Crippen molar-refractivity contribution in [1.82, 2.24) is 24.7 Å². The van der Waals surface area contributed by atoms with Gasteiger partial charge in [0.15, 0.2) is 5.13 Å². The first-order valence-corrected chi connectivity index (χ1v) is 10.1. The van der Waals surface area contributed by atoms with Crippen molar-refractivity contribution in [2.24, 2.45) is 0 Å². The van der Waals surface area contributed by atoms with Gasteiger partial charge < -0.3 is 4.57 Å². The lowest BCUT2D eigenvalue weighted by Crippen LogP contribution is -2.33. The Morgan fingerprint density at radius 1 is 1.27 bits per heavy atom. The summed E-state index contributed by atoms with van der Waals surface area (Å²) in [6, 6.07) is 9.94. The summed E-state index contributed by atoms with van der Waals surface area (Å²) in [4.78, 5) is 34.5. The first-order chi connectivity index (χ1) is 14.6. The van der Waals surface area contributed by atoms with Gasteiger partial charge in [0.2, 0.25) is 5.82 Å². The summed E-state index contributed by atoms with van der Waals surface area (Å²) >= 11 is 1.22. The predicted molar refractivity (Wildman–Crippen MR) is 109 cm³/mol. The standard InChI is InChI=1S/C19H15N7O3S/c27-18(17-23-22-16-5-3-9-24(16)17)25(11-12-4-1-2-8-20-12)19-21-14-7-6-13(26(28)29)10-15(14)30-19/h1-2,4,6-8,10H,3,5,9,11H2. The van der Waals surface area contributed by atoms with Crippen LogP contribution >= 0.6 is 11.3 Å². The molecule has 0 unspecified atom stereocenters. The highest BCUT2D eigenvalue weighted by atomic mass is 32.1. The van der Waals surface area contributed by atoms with Crippen LogP contribution < -0.4 is 4.90 Å². The number of anilines is 1. The van der Waals surface area contributed by atoms with Crippen LogP contribution in [0.2, 0.25) is 0 Å². The minimum absolute atomic E-state index is 0.0180. The number of amides is 1. The lowest BCUT2D eigenvalue weighted by molar-refractivity contribution is -0.384. The molecular formula is C19H15N7O3S. The van der Waals surface area contributed by atoms with Crippen LogP contribution in [-0.4, -0.2) is 35.6 Å². The Morgan fingerprint density at radius 2 is 2.17 bits per heavy atom. The molecule has 0 aliphatic carbocycles. The molecule has 4 heterocycles. The lowest BCUT2D eigenvalue weighted by Gasteiger charge is -2.19. The molecule has 0 spiro atoms. The Morgan fingerprint density at radius 3 is 2.97 bits per heavy atom. The van der Waals surface area contributed by atoms with Crippen LogP contribution in [0.3, 0.4) is 0 Å². The van der Waals surface area contributed by atoms with Gasteiger partial charge >= 0.3 is 0 Å². The zero-order valence-electron chi connectivity index (χ0n) is 15.6. The molecule has 1 aliphatic heterocycles. The zero-order valence-corrected chi connectivity index (χ0v) is 16.4. The Kier molecular flexibility index (Phi) is 4.43. The van der Waals surface area contributed by atoms with E-state index in [0.717, 1.165) is 18.7 Å². The number of nitro benzene ring substituents is 1. The molecule has 1 aromatic carbocycles. The highest BCUT2D eigenvalue weighted by Gasteiger charge is 2.29. The number of carbonyl (C=O) groups is 1. The molecule has 0 saturated heterocycles. The van der Waals surface area contributed by atoms with E-state index in [1.165, 1.54) is 28.4 Å². The third kappa shape index (κ3) is 3.18. The normalized spacial score (nSPS) is 12.8. The third-order valence-corrected chi connectivity index (χ3v) is 5.94. The number of non-ortho nitro benzene ring substituents is 1. The van der Waals surface area contributed by atoms with Gasteiger partial charge in [-0.2, -0.15) is 0 Å². The fraction of sp³-hybridized carbons (Fsp3) is 0.211. The topological polar surface area (TPSA) is 120 Å². The van der Waals surface area contributed by atoms with Gasteiger partial charge in [-0.3, -0.25) is 24.8 Å². The SMILES string of the molecule is O=C(c1nnc2n1CCC2)N(Cc1ccccn1)c1nc2ccc([N+](=O)[O-])cc2s1. The van der Waals surface area contributed by atoms with Crippen molar-refractivity contribution < 1.29 is 9.72 Å². The maximum atomic E-state index is 13.5. The van der Waals surface area contributed by atoms with Crippen molar-refractivity contribution in [2.45, 2.75) is 25.9 Å². The molecule has 30 heavy (non-hydrogen) atoms.